The molecule has 0 aliphatic carbocycles. The van der Waals surface area contributed by atoms with Crippen LogP contribution in [0, 0.1) is 0 Å². The minimum absolute atomic E-state index is 0.0654. The second kappa shape index (κ2) is 7.35. The zero-order chi connectivity index (χ0) is 15.2. The van der Waals surface area contributed by atoms with Crippen molar-refractivity contribution in [2.45, 2.75) is 31.8 Å². The van der Waals surface area contributed by atoms with Crippen molar-refractivity contribution in [1.29, 1.82) is 0 Å². The van der Waals surface area contributed by atoms with Gasteiger partial charge in [0, 0.05) is 0 Å². The van der Waals surface area contributed by atoms with Crippen molar-refractivity contribution in [2.24, 2.45) is 5.73 Å². The first-order chi connectivity index (χ1) is 9.35. The van der Waals surface area contributed by atoms with Gasteiger partial charge < -0.3 is 25.4 Å². The number of carboxylic acid groups (broad SMARTS) is 1. The fourth-order valence-corrected chi connectivity index (χ4v) is 1.62. The Labute approximate surface area is 118 Å². The number of hydrogen-bond donors (Lipinski definition) is 3. The molecular weight excluding hydrogens is 262 g/mol. The highest BCUT2D eigenvalue weighted by Crippen LogP contribution is 2.23. The molecule has 0 unspecified atom stereocenters. The van der Waals surface area contributed by atoms with Gasteiger partial charge in [-0.3, -0.25) is 0 Å². The van der Waals surface area contributed by atoms with Crippen molar-refractivity contribution in [3.05, 3.63) is 35.9 Å². The maximum atomic E-state index is 10.2. The molecule has 1 fully saturated rings. The Morgan fingerprint density at radius 2 is 2.05 bits per heavy atom. The molecule has 0 amide bonds. The number of aliphatic hydroxyl groups is 1. The van der Waals surface area contributed by atoms with E-state index in [1.807, 2.05) is 13.8 Å². The number of benzene rings is 1. The lowest BCUT2D eigenvalue weighted by Gasteiger charge is -2.19. The highest BCUT2D eigenvalue weighted by molar-refractivity contribution is 5.87. The maximum Gasteiger partial charge on any atom is 0.335 e. The van der Waals surface area contributed by atoms with E-state index in [1.165, 1.54) is 0 Å². The molecule has 0 bridgehead atoms. The van der Waals surface area contributed by atoms with E-state index < -0.39 is 11.8 Å². The molecule has 0 saturated carbocycles. The normalized spacial score (nSPS) is 21.7. The van der Waals surface area contributed by atoms with Crippen molar-refractivity contribution < 1.29 is 24.5 Å². The summed E-state index contributed by atoms with van der Waals surface area (Å²) in [5, 5.41) is 17.1. The fraction of sp³-hybridized carbons (Fsp3) is 0.500. The van der Waals surface area contributed by atoms with Gasteiger partial charge in [-0.15, -0.1) is 0 Å². The van der Waals surface area contributed by atoms with Crippen LogP contribution in [-0.4, -0.2) is 47.3 Å². The fourth-order valence-electron chi connectivity index (χ4n) is 1.62. The summed E-state index contributed by atoms with van der Waals surface area (Å²) >= 11 is 0. The number of ether oxygens (including phenoxy) is 2. The van der Waals surface area contributed by atoms with Gasteiger partial charge in [-0.1, -0.05) is 18.2 Å². The van der Waals surface area contributed by atoms with Crippen LogP contribution < -0.4 is 5.73 Å². The lowest BCUT2D eigenvalue weighted by atomic mass is 10.2. The van der Waals surface area contributed by atoms with Gasteiger partial charge >= 0.3 is 5.97 Å². The number of aliphatic hydroxyl groups excluding tert-OH is 1. The van der Waals surface area contributed by atoms with Crippen molar-refractivity contribution in [3.63, 3.8) is 0 Å². The van der Waals surface area contributed by atoms with Crippen LogP contribution in [0.25, 0.3) is 0 Å². The Hall–Kier alpha value is -1.47. The molecule has 1 heterocycles. The number of carboxylic acids is 1. The summed E-state index contributed by atoms with van der Waals surface area (Å²) in [5.74, 6) is -1.42. The van der Waals surface area contributed by atoms with Crippen LogP contribution in [0.3, 0.4) is 0 Å². The summed E-state index contributed by atoms with van der Waals surface area (Å²) in [6.07, 6.45) is -0.171. The van der Waals surface area contributed by atoms with E-state index in [4.69, 9.17) is 25.4 Å². The number of aromatic carboxylic acids is 1. The molecule has 1 saturated heterocycles. The smallest absolute Gasteiger partial charge is 0.335 e. The highest BCUT2D eigenvalue weighted by atomic mass is 16.7. The SMILES string of the molecule is CC1(C)OC[C@@H]([C@@H](N)CO)O1.O=C(O)c1ccccc1. The van der Waals surface area contributed by atoms with Gasteiger partial charge in [0.1, 0.15) is 6.10 Å². The van der Waals surface area contributed by atoms with Crippen LogP contribution in [0.4, 0.5) is 0 Å². The first-order valence-corrected chi connectivity index (χ1v) is 6.32. The van der Waals surface area contributed by atoms with Gasteiger partial charge in [0.25, 0.3) is 0 Å². The average Bonchev–Trinajstić information content (AvgIpc) is 2.80. The predicted octanol–water partition coefficient (Wildman–Crippen LogP) is 0.842. The van der Waals surface area contributed by atoms with E-state index in [9.17, 15) is 4.79 Å². The van der Waals surface area contributed by atoms with Gasteiger partial charge in [-0.05, 0) is 26.0 Å². The summed E-state index contributed by atoms with van der Waals surface area (Å²) in [5.41, 5.74) is 5.88. The van der Waals surface area contributed by atoms with Gasteiger partial charge in [0.05, 0.1) is 24.8 Å². The zero-order valence-corrected chi connectivity index (χ0v) is 11.7. The van der Waals surface area contributed by atoms with Crippen molar-refractivity contribution in [1.82, 2.24) is 0 Å². The van der Waals surface area contributed by atoms with E-state index in [0.29, 0.717) is 12.2 Å². The van der Waals surface area contributed by atoms with Crippen LogP contribution in [0.15, 0.2) is 30.3 Å². The summed E-state index contributed by atoms with van der Waals surface area (Å²) < 4.78 is 10.7. The van der Waals surface area contributed by atoms with Crippen molar-refractivity contribution in [3.8, 4) is 0 Å². The van der Waals surface area contributed by atoms with Gasteiger partial charge in [0.2, 0.25) is 0 Å². The molecule has 6 nitrogen and oxygen atoms in total. The number of nitrogens with two attached hydrogens (primary N) is 1. The summed E-state index contributed by atoms with van der Waals surface area (Å²) in [6, 6.07) is 7.96. The molecule has 4 N–H and O–H groups in total. The van der Waals surface area contributed by atoms with E-state index in [-0.39, 0.29) is 18.8 Å². The van der Waals surface area contributed by atoms with Gasteiger partial charge in [-0.25, -0.2) is 4.79 Å². The maximum absolute atomic E-state index is 10.2. The van der Waals surface area contributed by atoms with Gasteiger partial charge in [0.15, 0.2) is 5.79 Å². The predicted molar refractivity (Wildman–Crippen MR) is 73.4 cm³/mol. The molecule has 0 aromatic heterocycles. The standard InChI is InChI=1S/C7H15NO3.C7H6O2/c1-7(2)10-4-6(11-7)5(8)3-9;8-7(9)6-4-2-1-3-5-6/h5-6,9H,3-4,8H2,1-2H3;1-5H,(H,8,9)/t5-,6-;/m0./s1. The quantitative estimate of drug-likeness (QED) is 0.760. The zero-order valence-electron chi connectivity index (χ0n) is 11.7. The van der Waals surface area contributed by atoms with Crippen LogP contribution in [0.5, 0.6) is 0 Å². The third-order valence-corrected chi connectivity index (χ3v) is 2.74. The second-order valence-electron chi connectivity index (χ2n) is 4.88. The highest BCUT2D eigenvalue weighted by Gasteiger charge is 2.35. The largest absolute Gasteiger partial charge is 0.478 e. The molecule has 1 aliphatic heterocycles. The monoisotopic (exact) mass is 283 g/mol. The number of hydrogen-bond acceptors (Lipinski definition) is 5. The van der Waals surface area contributed by atoms with Gasteiger partial charge in [-0.2, -0.15) is 0 Å². The minimum atomic E-state index is -0.879. The Morgan fingerprint density at radius 1 is 1.45 bits per heavy atom. The molecule has 0 radical (unpaired) electrons. The Morgan fingerprint density at radius 3 is 2.40 bits per heavy atom. The molecular formula is C14H21NO5. The lowest BCUT2D eigenvalue weighted by molar-refractivity contribution is -0.141. The topological polar surface area (TPSA) is 102 Å². The third kappa shape index (κ3) is 5.26. The Kier molecular flexibility index (Phi) is 6.09. The lowest BCUT2D eigenvalue weighted by Crippen LogP contribution is -2.40. The van der Waals surface area contributed by atoms with E-state index in [2.05, 4.69) is 0 Å². The number of rotatable bonds is 3. The molecule has 1 aromatic rings. The minimum Gasteiger partial charge on any atom is -0.478 e. The third-order valence-electron chi connectivity index (χ3n) is 2.74. The molecule has 2 atom stereocenters. The molecule has 1 aliphatic rings. The molecule has 2 rings (SSSR count). The first-order valence-electron chi connectivity index (χ1n) is 6.32. The van der Waals surface area contributed by atoms with Crippen LogP contribution in [0.1, 0.15) is 24.2 Å². The summed E-state index contributed by atoms with van der Waals surface area (Å²) in [6.45, 7) is 4.06. The van der Waals surface area contributed by atoms with Crippen molar-refractivity contribution >= 4 is 5.97 Å². The Bertz CT molecular complexity index is 421. The number of carbonyl (C=O) groups is 1. The molecule has 0 spiro atoms. The molecule has 20 heavy (non-hydrogen) atoms. The summed E-state index contributed by atoms with van der Waals surface area (Å²) in [4.78, 5) is 10.2. The van der Waals surface area contributed by atoms with Crippen LogP contribution in [-0.2, 0) is 9.47 Å². The van der Waals surface area contributed by atoms with Crippen molar-refractivity contribution in [2.75, 3.05) is 13.2 Å². The van der Waals surface area contributed by atoms with E-state index in [1.54, 1.807) is 30.3 Å². The van der Waals surface area contributed by atoms with Crippen LogP contribution in [0.2, 0.25) is 0 Å². The molecule has 112 valence electrons. The first kappa shape index (κ1) is 16.6. The Balaban J connectivity index is 0.000000204. The van der Waals surface area contributed by atoms with E-state index in [0.717, 1.165) is 0 Å². The second-order valence-corrected chi connectivity index (χ2v) is 4.88. The average molecular weight is 283 g/mol. The van der Waals surface area contributed by atoms with E-state index >= 15 is 0 Å². The molecule has 1 aromatic carbocycles. The summed E-state index contributed by atoms with van der Waals surface area (Å²) in [7, 11) is 0. The van der Waals surface area contributed by atoms with Crippen LogP contribution >= 0.6 is 0 Å². The molecule has 6 heteroatoms.